The third-order valence-electron chi connectivity index (χ3n) is 5.43. The average Bonchev–Trinajstić information content (AvgIpc) is 2.74. The summed E-state index contributed by atoms with van der Waals surface area (Å²) in [6, 6.07) is 9.52. The highest BCUT2D eigenvalue weighted by Gasteiger charge is 2.25. The van der Waals surface area contributed by atoms with Crippen LogP contribution < -0.4 is 10.6 Å². The van der Waals surface area contributed by atoms with E-state index >= 15 is 0 Å². The number of carbonyl (C=O) groups excluding carboxylic acids is 1. The highest BCUT2D eigenvalue weighted by Crippen LogP contribution is 2.25. The number of rotatable bonds is 7. The summed E-state index contributed by atoms with van der Waals surface area (Å²) in [7, 11) is -6.90. The predicted molar refractivity (Wildman–Crippen MR) is 125 cm³/mol. The Morgan fingerprint density at radius 3 is 2.19 bits per heavy atom. The van der Waals surface area contributed by atoms with E-state index in [0.717, 1.165) is 31.1 Å². The van der Waals surface area contributed by atoms with Crippen molar-refractivity contribution in [2.24, 2.45) is 0 Å². The summed E-state index contributed by atoms with van der Waals surface area (Å²) in [6.07, 6.45) is 3.93. The first kappa shape index (κ1) is 24.2. The topological polar surface area (TPSA) is 113 Å². The summed E-state index contributed by atoms with van der Waals surface area (Å²) in [5.74, 6) is -0.335. The molecule has 0 atom stereocenters. The molecular formula is C22H29N3O5S2. The summed E-state index contributed by atoms with van der Waals surface area (Å²) in [5.41, 5.74) is 2.37. The molecule has 0 unspecified atom stereocenters. The van der Waals surface area contributed by atoms with Crippen LogP contribution in [0.4, 0.5) is 11.4 Å². The standard InChI is InChI=1S/C22H29N3O5S2/c1-16-13-20(17(2)21(14-16)31(3,27)28)23-15-22(26)24-18-7-9-19(10-8-18)32(29,30)25-11-5-4-6-12-25/h7-10,13-14,23H,4-6,11-12,15H2,1-3H3,(H,24,26). The lowest BCUT2D eigenvalue weighted by Crippen LogP contribution is -2.35. The van der Waals surface area contributed by atoms with Crippen LogP contribution in [0.1, 0.15) is 30.4 Å². The molecule has 10 heteroatoms. The monoisotopic (exact) mass is 479 g/mol. The number of benzene rings is 2. The van der Waals surface area contributed by atoms with Crippen molar-refractivity contribution < 1.29 is 21.6 Å². The van der Waals surface area contributed by atoms with Crippen LogP contribution in [0.3, 0.4) is 0 Å². The quantitative estimate of drug-likeness (QED) is 0.631. The van der Waals surface area contributed by atoms with E-state index in [1.807, 2.05) is 0 Å². The fourth-order valence-electron chi connectivity index (χ4n) is 3.74. The van der Waals surface area contributed by atoms with Gasteiger partial charge in [0.1, 0.15) is 0 Å². The van der Waals surface area contributed by atoms with E-state index in [9.17, 15) is 21.6 Å². The van der Waals surface area contributed by atoms with Crippen molar-refractivity contribution in [3.8, 4) is 0 Å². The van der Waals surface area contributed by atoms with Gasteiger partial charge in [-0.05, 0) is 74.2 Å². The first-order valence-electron chi connectivity index (χ1n) is 10.4. The van der Waals surface area contributed by atoms with Crippen LogP contribution in [-0.2, 0) is 24.7 Å². The number of nitrogens with one attached hydrogen (secondary N) is 2. The summed E-state index contributed by atoms with van der Waals surface area (Å²) >= 11 is 0. The van der Waals surface area contributed by atoms with Gasteiger partial charge in [0, 0.05) is 30.7 Å². The zero-order chi connectivity index (χ0) is 23.5. The maximum absolute atomic E-state index is 12.7. The van der Waals surface area contributed by atoms with Gasteiger partial charge in [-0.1, -0.05) is 6.42 Å². The minimum atomic E-state index is -3.52. The van der Waals surface area contributed by atoms with Gasteiger partial charge in [0.15, 0.2) is 9.84 Å². The van der Waals surface area contributed by atoms with Gasteiger partial charge in [0.05, 0.1) is 16.3 Å². The van der Waals surface area contributed by atoms with Gasteiger partial charge in [-0.15, -0.1) is 0 Å². The molecule has 8 nitrogen and oxygen atoms in total. The van der Waals surface area contributed by atoms with E-state index in [4.69, 9.17) is 0 Å². The maximum Gasteiger partial charge on any atom is 0.243 e. The SMILES string of the molecule is Cc1cc(NCC(=O)Nc2ccc(S(=O)(=O)N3CCCCC3)cc2)c(C)c(S(C)(=O)=O)c1. The number of aryl methyl sites for hydroxylation is 1. The van der Waals surface area contributed by atoms with Crippen molar-refractivity contribution in [3.05, 3.63) is 47.5 Å². The van der Waals surface area contributed by atoms with Crippen LogP contribution >= 0.6 is 0 Å². The fraction of sp³-hybridized carbons (Fsp3) is 0.409. The summed E-state index contributed by atoms with van der Waals surface area (Å²) in [4.78, 5) is 12.8. The van der Waals surface area contributed by atoms with Crippen LogP contribution in [0.15, 0.2) is 46.2 Å². The minimum absolute atomic E-state index is 0.0681. The number of amides is 1. The second-order valence-corrected chi connectivity index (χ2v) is 12.0. The van der Waals surface area contributed by atoms with Gasteiger partial charge in [-0.3, -0.25) is 4.79 Å². The molecule has 1 saturated heterocycles. The molecule has 2 N–H and O–H groups in total. The van der Waals surface area contributed by atoms with E-state index in [-0.39, 0.29) is 22.2 Å². The molecule has 1 aliphatic rings. The molecule has 0 radical (unpaired) electrons. The zero-order valence-electron chi connectivity index (χ0n) is 18.5. The highest BCUT2D eigenvalue weighted by molar-refractivity contribution is 7.90. The molecule has 1 fully saturated rings. The Balaban J connectivity index is 1.64. The molecule has 0 bridgehead atoms. The minimum Gasteiger partial charge on any atom is -0.376 e. The third kappa shape index (κ3) is 5.67. The first-order chi connectivity index (χ1) is 15.0. The molecule has 2 aromatic carbocycles. The van der Waals surface area contributed by atoms with Crippen molar-refractivity contribution in [2.45, 2.75) is 42.9 Å². The van der Waals surface area contributed by atoms with Crippen molar-refractivity contribution >= 4 is 37.1 Å². The Bertz CT molecular complexity index is 1200. The molecule has 2 aromatic rings. The Morgan fingerprint density at radius 2 is 1.59 bits per heavy atom. The molecule has 1 amide bonds. The Hall–Kier alpha value is -2.43. The van der Waals surface area contributed by atoms with Crippen LogP contribution in [0.5, 0.6) is 0 Å². The van der Waals surface area contributed by atoms with E-state index in [1.54, 1.807) is 38.1 Å². The third-order valence-corrected chi connectivity index (χ3v) is 8.57. The molecular weight excluding hydrogens is 450 g/mol. The van der Waals surface area contributed by atoms with Gasteiger partial charge >= 0.3 is 0 Å². The van der Waals surface area contributed by atoms with Crippen LogP contribution in [0, 0.1) is 13.8 Å². The lowest BCUT2D eigenvalue weighted by atomic mass is 10.1. The molecule has 3 rings (SSSR count). The van der Waals surface area contributed by atoms with E-state index in [1.165, 1.54) is 16.4 Å². The average molecular weight is 480 g/mol. The Labute approximate surface area is 190 Å². The van der Waals surface area contributed by atoms with Crippen molar-refractivity contribution in [1.29, 1.82) is 0 Å². The smallest absolute Gasteiger partial charge is 0.243 e. The predicted octanol–water partition coefficient (Wildman–Crippen LogP) is 2.93. The normalized spacial score (nSPS) is 15.3. The van der Waals surface area contributed by atoms with Crippen molar-refractivity contribution in [3.63, 3.8) is 0 Å². The van der Waals surface area contributed by atoms with Crippen molar-refractivity contribution in [2.75, 3.05) is 36.5 Å². The van der Waals surface area contributed by atoms with Crippen LogP contribution in [-0.4, -0.2) is 52.9 Å². The van der Waals surface area contributed by atoms with Gasteiger partial charge in [0.25, 0.3) is 0 Å². The molecule has 1 heterocycles. The van der Waals surface area contributed by atoms with Gasteiger partial charge in [-0.25, -0.2) is 16.8 Å². The van der Waals surface area contributed by atoms with Gasteiger partial charge < -0.3 is 10.6 Å². The van der Waals surface area contributed by atoms with E-state index in [2.05, 4.69) is 10.6 Å². The van der Waals surface area contributed by atoms with Gasteiger partial charge in [0.2, 0.25) is 15.9 Å². The summed E-state index contributed by atoms with van der Waals surface area (Å²) < 4.78 is 50.9. The number of hydrogen-bond donors (Lipinski definition) is 2. The number of sulfonamides is 1. The second-order valence-electron chi connectivity index (χ2n) is 8.10. The van der Waals surface area contributed by atoms with Gasteiger partial charge in [-0.2, -0.15) is 4.31 Å². The molecule has 0 aromatic heterocycles. The number of nitrogens with zero attached hydrogens (tertiary/aromatic N) is 1. The highest BCUT2D eigenvalue weighted by atomic mass is 32.2. The summed E-state index contributed by atoms with van der Waals surface area (Å²) in [5, 5.41) is 5.71. The second kappa shape index (κ2) is 9.60. The largest absolute Gasteiger partial charge is 0.376 e. The van der Waals surface area contributed by atoms with Crippen molar-refractivity contribution in [1.82, 2.24) is 4.31 Å². The molecule has 0 saturated carbocycles. The molecule has 174 valence electrons. The molecule has 0 spiro atoms. The molecule has 0 aliphatic carbocycles. The Morgan fingerprint density at radius 1 is 0.969 bits per heavy atom. The zero-order valence-corrected chi connectivity index (χ0v) is 20.1. The Kier molecular flexibility index (Phi) is 7.26. The number of anilines is 2. The number of carbonyl (C=O) groups is 1. The number of hydrogen-bond acceptors (Lipinski definition) is 6. The summed E-state index contributed by atoms with van der Waals surface area (Å²) in [6.45, 7) is 4.48. The lowest BCUT2D eigenvalue weighted by molar-refractivity contribution is -0.114. The van der Waals surface area contributed by atoms with Crippen LogP contribution in [0.25, 0.3) is 0 Å². The van der Waals surface area contributed by atoms with Crippen LogP contribution in [0.2, 0.25) is 0 Å². The first-order valence-corrected chi connectivity index (χ1v) is 13.8. The molecule has 1 aliphatic heterocycles. The number of piperidine rings is 1. The lowest BCUT2D eigenvalue weighted by Gasteiger charge is -2.25. The van der Waals surface area contributed by atoms with E-state index in [0.29, 0.717) is 30.0 Å². The fourth-order valence-corrected chi connectivity index (χ4v) is 6.32. The molecule has 32 heavy (non-hydrogen) atoms. The maximum atomic E-state index is 12.7. The number of sulfone groups is 1. The van der Waals surface area contributed by atoms with E-state index < -0.39 is 19.9 Å².